The smallest absolute Gasteiger partial charge is 0.415 e. The molecule has 4 heteroatoms. The Bertz CT molecular complexity index is 339. The molecule has 82 valence electrons. The largest absolute Gasteiger partial charge is 0.447 e. The van der Waals surface area contributed by atoms with E-state index in [1.54, 1.807) is 6.07 Å². The number of aromatic nitrogens is 1. The van der Waals surface area contributed by atoms with Crippen molar-refractivity contribution >= 4 is 11.9 Å². The molecular weight excluding hydrogens is 192 g/mol. The van der Waals surface area contributed by atoms with E-state index >= 15 is 0 Å². The summed E-state index contributed by atoms with van der Waals surface area (Å²) in [7, 11) is 0. The summed E-state index contributed by atoms with van der Waals surface area (Å²) in [5.74, 6) is 0.669. The number of cyclic esters (lactones) is 1. The Labute approximate surface area is 89.9 Å². The van der Waals surface area contributed by atoms with Crippen molar-refractivity contribution in [3.63, 3.8) is 0 Å². The van der Waals surface area contributed by atoms with E-state index in [9.17, 15) is 4.79 Å². The third kappa shape index (κ3) is 2.68. The van der Waals surface area contributed by atoms with Crippen molar-refractivity contribution in [2.45, 2.75) is 20.8 Å². The Morgan fingerprint density at radius 2 is 2.13 bits per heavy atom. The SMILES string of the molecule is CC.Cc1cccc(N2CCOC2=O)n1. The Morgan fingerprint density at radius 1 is 1.40 bits per heavy atom. The first-order valence-corrected chi connectivity index (χ1v) is 5.15. The molecule has 2 rings (SSSR count). The van der Waals surface area contributed by atoms with Crippen LogP contribution in [0, 0.1) is 6.92 Å². The lowest BCUT2D eigenvalue weighted by Crippen LogP contribution is -2.24. The van der Waals surface area contributed by atoms with Crippen LogP contribution in [0.5, 0.6) is 0 Å². The molecule has 15 heavy (non-hydrogen) atoms. The number of pyridine rings is 1. The Kier molecular flexibility index (Phi) is 4.09. The van der Waals surface area contributed by atoms with E-state index in [0.717, 1.165) is 5.69 Å². The van der Waals surface area contributed by atoms with Crippen LogP contribution in [0.15, 0.2) is 18.2 Å². The molecule has 0 atom stereocenters. The van der Waals surface area contributed by atoms with Crippen LogP contribution >= 0.6 is 0 Å². The summed E-state index contributed by atoms with van der Waals surface area (Å²) in [6.45, 7) is 6.94. The number of hydrogen-bond donors (Lipinski definition) is 0. The van der Waals surface area contributed by atoms with Crippen LogP contribution in [0.2, 0.25) is 0 Å². The fraction of sp³-hybridized carbons (Fsp3) is 0.455. The summed E-state index contributed by atoms with van der Waals surface area (Å²) < 4.78 is 4.81. The van der Waals surface area contributed by atoms with E-state index in [-0.39, 0.29) is 6.09 Å². The van der Waals surface area contributed by atoms with Gasteiger partial charge in [-0.1, -0.05) is 19.9 Å². The molecule has 0 aromatic carbocycles. The summed E-state index contributed by atoms with van der Waals surface area (Å²) in [5.41, 5.74) is 0.900. The Balaban J connectivity index is 0.000000531. The summed E-state index contributed by atoms with van der Waals surface area (Å²) in [6, 6.07) is 5.58. The summed E-state index contributed by atoms with van der Waals surface area (Å²) in [5, 5.41) is 0. The van der Waals surface area contributed by atoms with Crippen molar-refractivity contribution in [2.24, 2.45) is 0 Å². The fourth-order valence-corrected chi connectivity index (χ4v) is 1.28. The molecule has 0 N–H and O–H groups in total. The molecule has 1 saturated heterocycles. The molecule has 1 aliphatic heterocycles. The average Bonchev–Trinajstić information content (AvgIpc) is 2.67. The Hall–Kier alpha value is -1.58. The predicted octanol–water partition coefficient (Wildman–Crippen LogP) is 2.37. The van der Waals surface area contributed by atoms with Gasteiger partial charge >= 0.3 is 6.09 Å². The summed E-state index contributed by atoms with van der Waals surface area (Å²) in [4.78, 5) is 16.9. The standard InChI is InChI=1S/C9H10N2O2.C2H6/c1-7-3-2-4-8(10-7)11-5-6-13-9(11)12;1-2/h2-4H,5-6H2,1H3;1-2H3. The third-order valence-electron chi connectivity index (χ3n) is 1.91. The highest BCUT2D eigenvalue weighted by molar-refractivity contribution is 5.88. The highest BCUT2D eigenvalue weighted by Crippen LogP contribution is 2.15. The topological polar surface area (TPSA) is 42.4 Å². The fourth-order valence-electron chi connectivity index (χ4n) is 1.28. The minimum Gasteiger partial charge on any atom is -0.447 e. The molecule has 0 spiro atoms. The van der Waals surface area contributed by atoms with Crippen molar-refractivity contribution < 1.29 is 9.53 Å². The van der Waals surface area contributed by atoms with Gasteiger partial charge in [0.25, 0.3) is 0 Å². The number of aryl methyl sites for hydroxylation is 1. The van der Waals surface area contributed by atoms with Gasteiger partial charge in [0.05, 0.1) is 6.54 Å². The average molecular weight is 208 g/mol. The zero-order valence-electron chi connectivity index (χ0n) is 9.36. The van der Waals surface area contributed by atoms with Crippen molar-refractivity contribution in [3.05, 3.63) is 23.9 Å². The zero-order valence-corrected chi connectivity index (χ0v) is 9.36. The molecule has 1 aromatic rings. The molecular formula is C11H16N2O2. The maximum Gasteiger partial charge on any atom is 0.415 e. The molecule has 0 radical (unpaired) electrons. The van der Waals surface area contributed by atoms with E-state index in [0.29, 0.717) is 19.0 Å². The van der Waals surface area contributed by atoms with Gasteiger partial charge in [0, 0.05) is 5.69 Å². The number of carbonyl (C=O) groups is 1. The molecule has 2 heterocycles. The third-order valence-corrected chi connectivity index (χ3v) is 1.91. The van der Waals surface area contributed by atoms with E-state index in [4.69, 9.17) is 4.74 Å². The zero-order chi connectivity index (χ0) is 11.3. The van der Waals surface area contributed by atoms with E-state index < -0.39 is 0 Å². The summed E-state index contributed by atoms with van der Waals surface area (Å²) >= 11 is 0. The van der Waals surface area contributed by atoms with E-state index in [1.165, 1.54) is 4.90 Å². The van der Waals surface area contributed by atoms with Crippen molar-refractivity contribution in [1.82, 2.24) is 4.98 Å². The number of nitrogens with zero attached hydrogens (tertiary/aromatic N) is 2. The maximum atomic E-state index is 11.1. The molecule has 1 aliphatic rings. The highest BCUT2D eigenvalue weighted by Gasteiger charge is 2.24. The normalized spacial score (nSPS) is 14.3. The lowest BCUT2D eigenvalue weighted by atomic mass is 10.3. The van der Waals surface area contributed by atoms with Gasteiger partial charge < -0.3 is 4.74 Å². The van der Waals surface area contributed by atoms with Crippen molar-refractivity contribution in [2.75, 3.05) is 18.1 Å². The van der Waals surface area contributed by atoms with Crippen LogP contribution in [-0.4, -0.2) is 24.2 Å². The van der Waals surface area contributed by atoms with Gasteiger partial charge in [0.15, 0.2) is 0 Å². The van der Waals surface area contributed by atoms with Gasteiger partial charge in [-0.3, -0.25) is 4.90 Å². The first-order valence-electron chi connectivity index (χ1n) is 5.15. The molecule has 0 unspecified atom stereocenters. The first kappa shape index (κ1) is 11.5. The number of anilines is 1. The molecule has 1 aromatic heterocycles. The number of ether oxygens (including phenoxy) is 1. The predicted molar refractivity (Wildman–Crippen MR) is 59.0 cm³/mol. The van der Waals surface area contributed by atoms with Gasteiger partial charge in [-0.25, -0.2) is 9.78 Å². The van der Waals surface area contributed by atoms with E-state index in [2.05, 4.69) is 4.98 Å². The second kappa shape index (κ2) is 5.34. The quantitative estimate of drug-likeness (QED) is 0.711. The van der Waals surface area contributed by atoms with Crippen molar-refractivity contribution in [1.29, 1.82) is 0 Å². The van der Waals surface area contributed by atoms with Crippen LogP contribution in [0.1, 0.15) is 19.5 Å². The minimum absolute atomic E-state index is 0.307. The second-order valence-electron chi connectivity index (χ2n) is 2.90. The molecule has 4 nitrogen and oxygen atoms in total. The van der Waals surface area contributed by atoms with Crippen LogP contribution in [0.3, 0.4) is 0 Å². The van der Waals surface area contributed by atoms with Gasteiger partial charge in [0.1, 0.15) is 12.4 Å². The number of carbonyl (C=O) groups excluding carboxylic acids is 1. The van der Waals surface area contributed by atoms with Gasteiger partial charge in [-0.05, 0) is 19.1 Å². The number of amides is 1. The first-order chi connectivity index (χ1) is 7.27. The molecule has 0 bridgehead atoms. The van der Waals surface area contributed by atoms with Crippen molar-refractivity contribution in [3.8, 4) is 0 Å². The second-order valence-corrected chi connectivity index (χ2v) is 2.90. The Morgan fingerprint density at radius 3 is 2.67 bits per heavy atom. The highest BCUT2D eigenvalue weighted by atomic mass is 16.6. The maximum absolute atomic E-state index is 11.1. The molecule has 0 saturated carbocycles. The minimum atomic E-state index is -0.307. The monoisotopic (exact) mass is 208 g/mol. The van der Waals surface area contributed by atoms with Gasteiger partial charge in [-0.15, -0.1) is 0 Å². The number of rotatable bonds is 1. The molecule has 1 fully saturated rings. The van der Waals surface area contributed by atoms with Crippen LogP contribution in [-0.2, 0) is 4.74 Å². The molecule has 1 amide bonds. The lowest BCUT2D eigenvalue weighted by molar-refractivity contribution is 0.181. The number of hydrogen-bond acceptors (Lipinski definition) is 3. The van der Waals surface area contributed by atoms with Crippen LogP contribution < -0.4 is 4.90 Å². The summed E-state index contributed by atoms with van der Waals surface area (Å²) in [6.07, 6.45) is -0.307. The van der Waals surface area contributed by atoms with Crippen LogP contribution in [0.4, 0.5) is 10.6 Å². The van der Waals surface area contributed by atoms with Gasteiger partial charge in [0.2, 0.25) is 0 Å². The van der Waals surface area contributed by atoms with Crippen LogP contribution in [0.25, 0.3) is 0 Å². The van der Waals surface area contributed by atoms with E-state index in [1.807, 2.05) is 32.9 Å². The van der Waals surface area contributed by atoms with Gasteiger partial charge in [-0.2, -0.15) is 0 Å². The molecule has 0 aliphatic carbocycles. The lowest BCUT2D eigenvalue weighted by Gasteiger charge is -2.11.